The molecule has 0 saturated carbocycles. The van der Waals surface area contributed by atoms with E-state index in [1.807, 2.05) is 67.6 Å². The van der Waals surface area contributed by atoms with Crippen molar-refractivity contribution in [2.45, 2.75) is 13.5 Å². The fourth-order valence-electron chi connectivity index (χ4n) is 3.03. The van der Waals surface area contributed by atoms with Crippen molar-refractivity contribution < 1.29 is 13.9 Å². The lowest BCUT2D eigenvalue weighted by molar-refractivity contribution is 0.298. The van der Waals surface area contributed by atoms with E-state index in [0.29, 0.717) is 16.7 Å². The predicted molar refractivity (Wildman–Crippen MR) is 110 cm³/mol. The van der Waals surface area contributed by atoms with Gasteiger partial charge in [0.1, 0.15) is 17.9 Å². The van der Waals surface area contributed by atoms with Crippen molar-refractivity contribution in [1.82, 2.24) is 0 Å². The number of aryl methyl sites for hydroxylation is 1. The van der Waals surface area contributed by atoms with Crippen LogP contribution in [0.1, 0.15) is 11.1 Å². The molecule has 0 aliphatic carbocycles. The summed E-state index contributed by atoms with van der Waals surface area (Å²) in [5.41, 5.74) is 3.26. The predicted octanol–water partition coefficient (Wildman–Crippen LogP) is 5.36. The fraction of sp³-hybridized carbons (Fsp3) is 0.125. The van der Waals surface area contributed by atoms with Crippen molar-refractivity contribution in [1.29, 1.82) is 0 Å². The average Bonchev–Trinajstić information content (AvgIpc) is 2.74. The van der Waals surface area contributed by atoms with E-state index >= 15 is 0 Å². The average molecular weight is 372 g/mol. The topological polar surface area (TPSA) is 48.7 Å². The lowest BCUT2D eigenvalue weighted by atomic mass is 10.1. The zero-order valence-electron chi connectivity index (χ0n) is 15.8. The molecule has 0 saturated heterocycles. The molecule has 0 atom stereocenters. The highest BCUT2D eigenvalue weighted by Gasteiger charge is 2.18. The lowest BCUT2D eigenvalue weighted by Crippen LogP contribution is -2.10. The Morgan fingerprint density at radius 3 is 2.32 bits per heavy atom. The summed E-state index contributed by atoms with van der Waals surface area (Å²) in [6.45, 7) is 2.32. The van der Waals surface area contributed by atoms with Crippen molar-refractivity contribution in [3.8, 4) is 22.8 Å². The monoisotopic (exact) mass is 372 g/mol. The van der Waals surface area contributed by atoms with Crippen molar-refractivity contribution in [3.63, 3.8) is 0 Å². The molecule has 0 spiro atoms. The highest BCUT2D eigenvalue weighted by molar-refractivity contribution is 5.82. The first-order valence-electron chi connectivity index (χ1n) is 9.04. The highest BCUT2D eigenvalue weighted by Crippen LogP contribution is 2.32. The van der Waals surface area contributed by atoms with Gasteiger partial charge in [0, 0.05) is 5.56 Å². The molecule has 0 aliphatic rings. The maximum Gasteiger partial charge on any atom is 0.235 e. The molecule has 0 unspecified atom stereocenters. The summed E-state index contributed by atoms with van der Waals surface area (Å²) in [5, 5.41) is 0.499. The SMILES string of the molecule is COc1ccc(-c2oc3ccccc3c(=O)c2OCc2ccc(C)cc2)cc1. The van der Waals surface area contributed by atoms with Crippen LogP contribution < -0.4 is 14.9 Å². The minimum absolute atomic E-state index is 0.181. The van der Waals surface area contributed by atoms with Gasteiger partial charge in [0.05, 0.1) is 12.5 Å². The molecule has 0 aliphatic heterocycles. The van der Waals surface area contributed by atoms with Gasteiger partial charge < -0.3 is 13.9 Å². The zero-order valence-corrected chi connectivity index (χ0v) is 15.8. The van der Waals surface area contributed by atoms with Gasteiger partial charge in [-0.1, -0.05) is 42.0 Å². The van der Waals surface area contributed by atoms with Gasteiger partial charge in [-0.15, -0.1) is 0 Å². The molecule has 0 amide bonds. The van der Waals surface area contributed by atoms with Gasteiger partial charge >= 0.3 is 0 Å². The van der Waals surface area contributed by atoms with E-state index in [4.69, 9.17) is 13.9 Å². The molecular weight excluding hydrogens is 352 g/mol. The molecule has 4 aromatic rings. The van der Waals surface area contributed by atoms with Gasteiger partial charge in [-0.2, -0.15) is 0 Å². The summed E-state index contributed by atoms with van der Waals surface area (Å²) >= 11 is 0. The van der Waals surface area contributed by atoms with Crippen LogP contribution in [0.25, 0.3) is 22.3 Å². The van der Waals surface area contributed by atoms with E-state index < -0.39 is 0 Å². The fourth-order valence-corrected chi connectivity index (χ4v) is 3.03. The van der Waals surface area contributed by atoms with E-state index in [2.05, 4.69) is 0 Å². The van der Waals surface area contributed by atoms with E-state index in [1.54, 1.807) is 19.2 Å². The Balaban J connectivity index is 1.80. The second-order valence-corrected chi connectivity index (χ2v) is 6.59. The molecule has 4 heteroatoms. The van der Waals surface area contributed by atoms with Crippen LogP contribution in [-0.2, 0) is 6.61 Å². The second kappa shape index (κ2) is 7.61. The summed E-state index contributed by atoms with van der Waals surface area (Å²) in [5.74, 6) is 1.36. The van der Waals surface area contributed by atoms with E-state index in [1.165, 1.54) is 5.56 Å². The summed E-state index contributed by atoms with van der Waals surface area (Å²) in [6.07, 6.45) is 0. The van der Waals surface area contributed by atoms with E-state index in [0.717, 1.165) is 16.9 Å². The molecule has 3 aromatic carbocycles. The van der Waals surface area contributed by atoms with Crippen LogP contribution in [0, 0.1) is 6.92 Å². The molecule has 0 radical (unpaired) electrons. The summed E-state index contributed by atoms with van der Waals surface area (Å²) in [7, 11) is 1.61. The first kappa shape index (κ1) is 17.9. The minimum atomic E-state index is -0.181. The lowest BCUT2D eigenvalue weighted by Gasteiger charge is -2.12. The third kappa shape index (κ3) is 3.49. The third-order valence-corrected chi connectivity index (χ3v) is 4.61. The van der Waals surface area contributed by atoms with Crippen LogP contribution >= 0.6 is 0 Å². The van der Waals surface area contributed by atoms with Crippen LogP contribution in [-0.4, -0.2) is 7.11 Å². The Kier molecular flexibility index (Phi) is 4.85. The Bertz CT molecular complexity index is 1160. The summed E-state index contributed by atoms with van der Waals surface area (Å²) in [6, 6.07) is 22.6. The van der Waals surface area contributed by atoms with Crippen LogP contribution in [0.5, 0.6) is 11.5 Å². The molecular formula is C24H20O4. The molecule has 0 fully saturated rings. The van der Waals surface area contributed by atoms with Gasteiger partial charge in [0.25, 0.3) is 0 Å². The number of hydrogen-bond acceptors (Lipinski definition) is 4. The zero-order chi connectivity index (χ0) is 19.5. The second-order valence-electron chi connectivity index (χ2n) is 6.59. The molecule has 140 valence electrons. The van der Waals surface area contributed by atoms with Gasteiger partial charge in [-0.3, -0.25) is 4.79 Å². The van der Waals surface area contributed by atoms with Crippen molar-refractivity contribution in [2.75, 3.05) is 7.11 Å². The Hall–Kier alpha value is -3.53. The Morgan fingerprint density at radius 1 is 0.893 bits per heavy atom. The van der Waals surface area contributed by atoms with Gasteiger partial charge in [-0.05, 0) is 48.9 Å². The summed E-state index contributed by atoms with van der Waals surface area (Å²) < 4.78 is 17.3. The van der Waals surface area contributed by atoms with Crippen LogP contribution in [0.15, 0.2) is 82.0 Å². The van der Waals surface area contributed by atoms with Crippen LogP contribution in [0.4, 0.5) is 0 Å². The van der Waals surface area contributed by atoms with Crippen molar-refractivity contribution in [2.24, 2.45) is 0 Å². The molecule has 4 nitrogen and oxygen atoms in total. The molecule has 0 bridgehead atoms. The van der Waals surface area contributed by atoms with Crippen molar-refractivity contribution in [3.05, 3.63) is 94.1 Å². The number of benzene rings is 3. The van der Waals surface area contributed by atoms with Crippen LogP contribution in [0.3, 0.4) is 0 Å². The molecule has 28 heavy (non-hydrogen) atoms. The molecule has 1 aromatic heterocycles. The minimum Gasteiger partial charge on any atom is -0.497 e. The van der Waals surface area contributed by atoms with Gasteiger partial charge in [0.2, 0.25) is 11.2 Å². The van der Waals surface area contributed by atoms with Gasteiger partial charge in [-0.25, -0.2) is 0 Å². The maximum absolute atomic E-state index is 13.1. The van der Waals surface area contributed by atoms with E-state index in [-0.39, 0.29) is 17.8 Å². The number of rotatable bonds is 5. The number of para-hydroxylation sites is 1. The normalized spacial score (nSPS) is 10.8. The number of fused-ring (bicyclic) bond motifs is 1. The van der Waals surface area contributed by atoms with Crippen LogP contribution in [0.2, 0.25) is 0 Å². The van der Waals surface area contributed by atoms with Gasteiger partial charge in [0.15, 0.2) is 5.76 Å². The standard InChI is InChI=1S/C24H20O4/c1-16-7-9-17(10-8-16)15-27-24-22(25)20-5-3-4-6-21(20)28-23(24)18-11-13-19(26-2)14-12-18/h3-14H,15H2,1-2H3. The summed E-state index contributed by atoms with van der Waals surface area (Å²) in [4.78, 5) is 13.1. The largest absolute Gasteiger partial charge is 0.497 e. The number of hydrogen-bond donors (Lipinski definition) is 0. The Labute approximate surface area is 163 Å². The third-order valence-electron chi connectivity index (χ3n) is 4.61. The highest BCUT2D eigenvalue weighted by atomic mass is 16.5. The Morgan fingerprint density at radius 2 is 1.61 bits per heavy atom. The molecule has 0 N–H and O–H groups in total. The quantitative estimate of drug-likeness (QED) is 0.473. The molecule has 1 heterocycles. The number of methoxy groups -OCH3 is 1. The smallest absolute Gasteiger partial charge is 0.235 e. The first-order valence-corrected chi connectivity index (χ1v) is 9.04. The first-order chi connectivity index (χ1) is 13.7. The number of ether oxygens (including phenoxy) is 2. The van der Waals surface area contributed by atoms with Crippen molar-refractivity contribution >= 4 is 11.0 Å². The maximum atomic E-state index is 13.1. The molecule has 4 rings (SSSR count). The van der Waals surface area contributed by atoms with E-state index in [9.17, 15) is 4.79 Å².